The van der Waals surface area contributed by atoms with Gasteiger partial charge in [0.15, 0.2) is 5.82 Å². The molecule has 2 aliphatic carbocycles. The van der Waals surface area contributed by atoms with Crippen molar-refractivity contribution < 1.29 is 9.32 Å². The Morgan fingerprint density at radius 2 is 1.93 bits per heavy atom. The van der Waals surface area contributed by atoms with Gasteiger partial charge in [0, 0.05) is 37.1 Å². The summed E-state index contributed by atoms with van der Waals surface area (Å²) in [6, 6.07) is 4.18. The van der Waals surface area contributed by atoms with E-state index in [2.05, 4.69) is 15.5 Å². The van der Waals surface area contributed by atoms with Crippen molar-refractivity contribution in [1.82, 2.24) is 25.3 Å². The first-order chi connectivity index (χ1) is 14.7. The van der Waals surface area contributed by atoms with Gasteiger partial charge in [-0.25, -0.2) is 4.79 Å². The summed E-state index contributed by atoms with van der Waals surface area (Å²) < 4.78 is 5.64. The first-order valence-electron chi connectivity index (χ1n) is 11.5. The minimum absolute atomic E-state index is 0.0830. The zero-order valence-electron chi connectivity index (χ0n) is 17.6. The summed E-state index contributed by atoms with van der Waals surface area (Å²) in [5.41, 5.74) is 0.672. The molecular weight excluding hydrogens is 378 g/mol. The smallest absolute Gasteiger partial charge is 0.317 e. The van der Waals surface area contributed by atoms with E-state index in [-0.39, 0.29) is 11.4 Å². The number of nitrogens with one attached hydrogen (secondary N) is 1. The van der Waals surface area contributed by atoms with Crippen LogP contribution in [0.3, 0.4) is 0 Å². The molecule has 3 aliphatic rings. The molecule has 3 heterocycles. The second kappa shape index (κ2) is 8.36. The fourth-order valence-electron chi connectivity index (χ4n) is 5.18. The highest BCUT2D eigenvalue weighted by Crippen LogP contribution is 2.46. The van der Waals surface area contributed by atoms with Crippen LogP contribution in [0.4, 0.5) is 4.79 Å². The average molecular weight is 410 g/mol. The number of nitrogens with zero attached hydrogens (tertiary/aromatic N) is 4. The van der Waals surface area contributed by atoms with E-state index in [0.29, 0.717) is 24.4 Å². The number of pyridine rings is 1. The lowest BCUT2D eigenvalue weighted by atomic mass is 9.75. The van der Waals surface area contributed by atoms with Gasteiger partial charge in [0.2, 0.25) is 0 Å². The number of amides is 2. The number of rotatable bonds is 5. The van der Waals surface area contributed by atoms with E-state index in [1.807, 2.05) is 17.0 Å². The summed E-state index contributed by atoms with van der Waals surface area (Å²) in [7, 11) is 0. The van der Waals surface area contributed by atoms with E-state index in [4.69, 9.17) is 9.51 Å². The van der Waals surface area contributed by atoms with Gasteiger partial charge in [-0.1, -0.05) is 37.3 Å². The first-order valence-corrected chi connectivity index (χ1v) is 11.5. The van der Waals surface area contributed by atoms with Gasteiger partial charge in [-0.15, -0.1) is 0 Å². The summed E-state index contributed by atoms with van der Waals surface area (Å²) >= 11 is 0. The quantitative estimate of drug-likeness (QED) is 0.796. The number of likely N-dealkylation sites (tertiary alicyclic amines) is 1. The molecule has 160 valence electrons. The molecule has 30 heavy (non-hydrogen) atoms. The van der Waals surface area contributed by atoms with Gasteiger partial charge >= 0.3 is 6.03 Å². The molecule has 3 fully saturated rings. The van der Waals surface area contributed by atoms with Crippen LogP contribution in [0.15, 0.2) is 29.0 Å². The third-order valence-corrected chi connectivity index (χ3v) is 7.00. The summed E-state index contributed by atoms with van der Waals surface area (Å²) in [6.07, 6.45) is 15.0. The standard InChI is InChI=1S/C23H31N5O2/c29-22(25-19-5-2-1-3-6-19)28-14-4-11-23(16-28,15-17-7-8-17)21-26-20(30-27-21)18-9-12-24-13-10-18/h9-10,12-13,17,19H,1-8,11,14-16H2,(H,25,29). The molecule has 0 bridgehead atoms. The van der Waals surface area contributed by atoms with Gasteiger partial charge in [-0.2, -0.15) is 4.98 Å². The fourth-order valence-corrected chi connectivity index (χ4v) is 5.18. The molecule has 2 aromatic rings. The normalized spacial score (nSPS) is 25.3. The van der Waals surface area contributed by atoms with Crippen molar-refractivity contribution in [2.75, 3.05) is 13.1 Å². The van der Waals surface area contributed by atoms with Crippen molar-refractivity contribution in [3.63, 3.8) is 0 Å². The van der Waals surface area contributed by atoms with Gasteiger partial charge in [0.05, 0.1) is 5.41 Å². The first kappa shape index (κ1) is 19.5. The van der Waals surface area contributed by atoms with E-state index in [9.17, 15) is 4.79 Å². The molecule has 2 saturated carbocycles. The molecule has 5 rings (SSSR count). The molecule has 1 atom stereocenters. The van der Waals surface area contributed by atoms with E-state index in [0.717, 1.165) is 50.0 Å². The van der Waals surface area contributed by atoms with Gasteiger partial charge in [0.25, 0.3) is 5.89 Å². The van der Waals surface area contributed by atoms with Crippen LogP contribution < -0.4 is 5.32 Å². The molecule has 0 radical (unpaired) electrons. The molecular formula is C23H31N5O2. The Hall–Kier alpha value is -2.44. The van der Waals surface area contributed by atoms with Crippen molar-refractivity contribution in [1.29, 1.82) is 0 Å². The van der Waals surface area contributed by atoms with Crippen LogP contribution in [0, 0.1) is 5.92 Å². The average Bonchev–Trinajstić information content (AvgIpc) is 3.45. The molecule has 1 saturated heterocycles. The van der Waals surface area contributed by atoms with E-state index in [1.54, 1.807) is 12.4 Å². The van der Waals surface area contributed by atoms with Crippen molar-refractivity contribution in [2.24, 2.45) is 5.92 Å². The van der Waals surface area contributed by atoms with Crippen LogP contribution in [0.2, 0.25) is 0 Å². The minimum Gasteiger partial charge on any atom is -0.335 e. The number of carbonyl (C=O) groups excluding carboxylic acids is 1. The maximum absolute atomic E-state index is 13.1. The van der Waals surface area contributed by atoms with Crippen molar-refractivity contribution >= 4 is 6.03 Å². The summed E-state index contributed by atoms with van der Waals surface area (Å²) in [4.78, 5) is 23.9. The molecule has 1 aliphatic heterocycles. The minimum atomic E-state index is -0.210. The maximum atomic E-state index is 13.1. The van der Waals surface area contributed by atoms with Crippen LogP contribution in [-0.2, 0) is 5.41 Å². The van der Waals surface area contributed by atoms with Crippen LogP contribution >= 0.6 is 0 Å². The van der Waals surface area contributed by atoms with Crippen LogP contribution in [0.5, 0.6) is 0 Å². The largest absolute Gasteiger partial charge is 0.335 e. The Morgan fingerprint density at radius 3 is 2.70 bits per heavy atom. The Kier molecular flexibility index (Phi) is 5.44. The monoisotopic (exact) mass is 409 g/mol. The van der Waals surface area contributed by atoms with Crippen molar-refractivity contribution in [3.8, 4) is 11.5 Å². The van der Waals surface area contributed by atoms with Crippen molar-refractivity contribution in [2.45, 2.75) is 75.7 Å². The van der Waals surface area contributed by atoms with Crippen molar-refractivity contribution in [3.05, 3.63) is 30.4 Å². The third kappa shape index (κ3) is 4.20. The van der Waals surface area contributed by atoms with Gasteiger partial charge in [-0.3, -0.25) is 4.98 Å². The second-order valence-electron chi connectivity index (χ2n) is 9.40. The second-order valence-corrected chi connectivity index (χ2v) is 9.40. The zero-order chi connectivity index (χ0) is 20.4. The molecule has 0 spiro atoms. The van der Waals surface area contributed by atoms with E-state index >= 15 is 0 Å². The number of hydrogen-bond acceptors (Lipinski definition) is 5. The molecule has 7 nitrogen and oxygen atoms in total. The Balaban J connectivity index is 1.35. The molecule has 2 amide bonds. The van der Waals surface area contributed by atoms with Gasteiger partial charge in [-0.05, 0) is 50.2 Å². The molecule has 0 aromatic carbocycles. The van der Waals surface area contributed by atoms with Crippen LogP contribution in [0.25, 0.3) is 11.5 Å². The van der Waals surface area contributed by atoms with E-state index < -0.39 is 0 Å². The predicted octanol–water partition coefficient (Wildman–Crippen LogP) is 4.31. The van der Waals surface area contributed by atoms with E-state index in [1.165, 1.54) is 32.1 Å². The van der Waals surface area contributed by atoms with Crippen LogP contribution in [-0.4, -0.2) is 45.2 Å². The van der Waals surface area contributed by atoms with Crippen LogP contribution in [0.1, 0.15) is 70.0 Å². The maximum Gasteiger partial charge on any atom is 0.317 e. The Morgan fingerprint density at radius 1 is 1.13 bits per heavy atom. The Labute approximate surface area is 177 Å². The SMILES string of the molecule is O=C(NC1CCCCC1)N1CCCC(CC2CC2)(c2noc(-c3ccncc3)n2)C1. The zero-order valence-corrected chi connectivity index (χ0v) is 17.6. The lowest BCUT2D eigenvalue weighted by molar-refractivity contribution is 0.131. The summed E-state index contributed by atoms with van der Waals surface area (Å²) in [5, 5.41) is 7.71. The Bertz CT molecular complexity index is 859. The lowest BCUT2D eigenvalue weighted by Crippen LogP contribution is -2.54. The predicted molar refractivity (Wildman–Crippen MR) is 113 cm³/mol. The fraction of sp³-hybridized carbons (Fsp3) is 0.652. The summed E-state index contributed by atoms with van der Waals surface area (Å²) in [5.74, 6) is 2.01. The highest BCUT2D eigenvalue weighted by atomic mass is 16.5. The highest BCUT2D eigenvalue weighted by Gasteiger charge is 2.46. The van der Waals surface area contributed by atoms with Gasteiger partial charge in [0.1, 0.15) is 0 Å². The number of piperidine rings is 1. The molecule has 1 unspecified atom stereocenters. The summed E-state index contributed by atoms with van der Waals surface area (Å²) in [6.45, 7) is 1.48. The number of carbonyl (C=O) groups is 1. The molecule has 7 heteroatoms. The third-order valence-electron chi connectivity index (χ3n) is 7.00. The number of urea groups is 1. The number of aromatic nitrogens is 3. The number of hydrogen-bond donors (Lipinski definition) is 1. The molecule has 2 aromatic heterocycles. The lowest BCUT2D eigenvalue weighted by Gasteiger charge is -2.41. The molecule has 1 N–H and O–H groups in total. The highest BCUT2D eigenvalue weighted by molar-refractivity contribution is 5.74. The topological polar surface area (TPSA) is 84.2 Å². The van der Waals surface area contributed by atoms with Gasteiger partial charge < -0.3 is 14.7 Å².